The Labute approximate surface area is 141 Å². The average molecular weight is 367 g/mol. The molecule has 0 aromatic rings. The van der Waals surface area contributed by atoms with Crippen molar-refractivity contribution >= 4 is 85.8 Å². The van der Waals surface area contributed by atoms with Crippen molar-refractivity contribution in [3.8, 4) is 0 Å². The van der Waals surface area contributed by atoms with Crippen LogP contribution in [-0.2, 0) is 0 Å². The Bertz CT molecular complexity index is 172. The van der Waals surface area contributed by atoms with Gasteiger partial charge in [-0.2, -0.15) is 74.0 Å². The van der Waals surface area contributed by atoms with Crippen molar-refractivity contribution in [3.05, 3.63) is 0 Å². The van der Waals surface area contributed by atoms with E-state index in [9.17, 15) is 0 Å². The van der Waals surface area contributed by atoms with Crippen LogP contribution in [0, 0.1) is 0 Å². The SMILES string of the molecule is CCSCCSCCSC(S)C(S)(CS)CS. The zero-order chi connectivity index (χ0) is 13.1. The minimum Gasteiger partial charge on any atom is -0.178 e. The summed E-state index contributed by atoms with van der Waals surface area (Å²) in [6.07, 6.45) is 0. The summed E-state index contributed by atoms with van der Waals surface area (Å²) in [5.74, 6) is 7.47. The van der Waals surface area contributed by atoms with Crippen LogP contribution >= 0.6 is 85.8 Å². The standard InChI is InChI=1S/C10H22S7/c1-2-15-3-4-16-5-6-17-9(13)10(14,7-11)8-12/h9,11-14H,2-8H2,1H3. The Morgan fingerprint density at radius 2 is 1.53 bits per heavy atom. The van der Waals surface area contributed by atoms with E-state index < -0.39 is 0 Å². The van der Waals surface area contributed by atoms with Crippen molar-refractivity contribution in [3.63, 3.8) is 0 Å². The molecule has 0 bridgehead atoms. The summed E-state index contributed by atoms with van der Waals surface area (Å²) in [6.45, 7) is 2.21. The molecular formula is C10H22S7. The normalized spacial score (nSPS) is 13.9. The van der Waals surface area contributed by atoms with Gasteiger partial charge in [0.1, 0.15) is 0 Å². The van der Waals surface area contributed by atoms with Gasteiger partial charge in [0.15, 0.2) is 0 Å². The molecule has 0 saturated carbocycles. The van der Waals surface area contributed by atoms with E-state index in [2.05, 4.69) is 57.4 Å². The molecule has 17 heavy (non-hydrogen) atoms. The maximum Gasteiger partial charge on any atom is 0.0632 e. The van der Waals surface area contributed by atoms with Crippen molar-refractivity contribution < 1.29 is 0 Å². The highest BCUT2D eigenvalue weighted by atomic mass is 32.2. The lowest BCUT2D eigenvalue weighted by atomic mass is 10.2. The van der Waals surface area contributed by atoms with Crippen molar-refractivity contribution in [1.82, 2.24) is 0 Å². The van der Waals surface area contributed by atoms with Crippen molar-refractivity contribution in [2.75, 3.05) is 40.3 Å². The maximum absolute atomic E-state index is 4.62. The summed E-state index contributed by atoms with van der Waals surface area (Å²) in [7, 11) is 0. The van der Waals surface area contributed by atoms with Crippen molar-refractivity contribution in [2.24, 2.45) is 0 Å². The van der Waals surface area contributed by atoms with E-state index in [-0.39, 0.29) is 9.33 Å². The summed E-state index contributed by atoms with van der Waals surface area (Å²) in [5, 5.41) is 0. The third-order valence-electron chi connectivity index (χ3n) is 2.09. The molecule has 0 aromatic heterocycles. The number of hydrogen-bond donors (Lipinski definition) is 4. The Morgan fingerprint density at radius 3 is 2.06 bits per heavy atom. The van der Waals surface area contributed by atoms with Gasteiger partial charge in [0.25, 0.3) is 0 Å². The monoisotopic (exact) mass is 366 g/mol. The van der Waals surface area contributed by atoms with Crippen LogP contribution in [0.1, 0.15) is 6.92 Å². The van der Waals surface area contributed by atoms with Gasteiger partial charge in [0.05, 0.1) is 9.33 Å². The maximum atomic E-state index is 4.62. The highest BCUT2D eigenvalue weighted by Crippen LogP contribution is 2.34. The highest BCUT2D eigenvalue weighted by Gasteiger charge is 2.30. The molecule has 7 heteroatoms. The van der Waals surface area contributed by atoms with Gasteiger partial charge in [-0.1, -0.05) is 6.92 Å². The molecule has 0 fully saturated rings. The molecule has 0 aliphatic carbocycles. The summed E-state index contributed by atoms with van der Waals surface area (Å²) < 4.78 is 0.0226. The van der Waals surface area contributed by atoms with Gasteiger partial charge < -0.3 is 0 Å². The van der Waals surface area contributed by atoms with E-state index in [4.69, 9.17) is 0 Å². The fourth-order valence-electron chi connectivity index (χ4n) is 0.944. The third kappa shape index (κ3) is 9.08. The predicted octanol–water partition coefficient (Wildman–Crippen LogP) is 3.99. The Morgan fingerprint density at radius 1 is 1.00 bits per heavy atom. The number of thiol groups is 4. The quantitative estimate of drug-likeness (QED) is 0.248. The lowest BCUT2D eigenvalue weighted by Crippen LogP contribution is -2.35. The predicted molar refractivity (Wildman–Crippen MR) is 105 cm³/mol. The lowest BCUT2D eigenvalue weighted by molar-refractivity contribution is 0.829. The van der Waals surface area contributed by atoms with Gasteiger partial charge in [-0.3, -0.25) is 0 Å². The summed E-state index contributed by atoms with van der Waals surface area (Å²) in [6, 6.07) is 0. The van der Waals surface area contributed by atoms with Gasteiger partial charge in [0.2, 0.25) is 0 Å². The average Bonchev–Trinajstić information content (AvgIpc) is 2.36. The Balaban J connectivity index is 3.54. The molecule has 104 valence electrons. The summed E-state index contributed by atoms with van der Waals surface area (Å²) in [5.41, 5.74) is 0. The van der Waals surface area contributed by atoms with Gasteiger partial charge >= 0.3 is 0 Å². The molecule has 0 amide bonds. The zero-order valence-corrected chi connectivity index (χ0v) is 16.1. The number of rotatable bonds is 11. The summed E-state index contributed by atoms with van der Waals surface area (Å²) >= 11 is 23.8. The molecule has 0 heterocycles. The van der Waals surface area contributed by atoms with Gasteiger partial charge in [-0.25, -0.2) is 0 Å². The second kappa shape index (κ2) is 12.2. The fourth-order valence-corrected chi connectivity index (χ4v) is 5.96. The van der Waals surface area contributed by atoms with E-state index >= 15 is 0 Å². The van der Waals surface area contributed by atoms with Gasteiger partial charge in [0, 0.05) is 34.5 Å². The van der Waals surface area contributed by atoms with E-state index in [1.165, 1.54) is 23.0 Å². The molecule has 0 N–H and O–H groups in total. The molecule has 0 aromatic carbocycles. The van der Waals surface area contributed by atoms with Crippen molar-refractivity contribution in [2.45, 2.75) is 16.3 Å². The first-order chi connectivity index (χ1) is 8.10. The van der Waals surface area contributed by atoms with Crippen LogP contribution in [0.2, 0.25) is 0 Å². The minimum atomic E-state index is -0.178. The largest absolute Gasteiger partial charge is 0.178 e. The minimum absolute atomic E-state index is 0.178. The van der Waals surface area contributed by atoms with Crippen LogP contribution in [0.15, 0.2) is 0 Å². The molecule has 0 radical (unpaired) electrons. The van der Waals surface area contributed by atoms with Crippen LogP contribution in [0.3, 0.4) is 0 Å². The highest BCUT2D eigenvalue weighted by molar-refractivity contribution is 8.12. The molecule has 0 saturated heterocycles. The van der Waals surface area contributed by atoms with Crippen molar-refractivity contribution in [1.29, 1.82) is 0 Å². The first-order valence-electron chi connectivity index (χ1n) is 5.50. The fraction of sp³-hybridized carbons (Fsp3) is 1.00. The van der Waals surface area contributed by atoms with Crippen LogP contribution < -0.4 is 0 Å². The van der Waals surface area contributed by atoms with Crippen LogP contribution in [0.25, 0.3) is 0 Å². The summed E-state index contributed by atoms with van der Waals surface area (Å²) in [4.78, 5) is 0. The van der Waals surface area contributed by atoms with Gasteiger partial charge in [-0.05, 0) is 5.75 Å². The number of thioether (sulfide) groups is 3. The van der Waals surface area contributed by atoms with E-state index in [0.717, 1.165) is 5.75 Å². The van der Waals surface area contributed by atoms with E-state index in [1.54, 1.807) is 0 Å². The zero-order valence-electron chi connectivity index (χ0n) is 10.0. The molecule has 0 aliphatic heterocycles. The molecule has 1 atom stereocenters. The molecule has 0 rings (SSSR count). The smallest absolute Gasteiger partial charge is 0.0632 e. The molecule has 0 aliphatic rings. The molecule has 0 spiro atoms. The first-order valence-corrected chi connectivity index (χ1v) is 11.1. The molecule has 0 nitrogen and oxygen atoms in total. The Hall–Kier alpha value is 2.45. The Kier molecular flexibility index (Phi) is 14.0. The topological polar surface area (TPSA) is 0 Å². The van der Waals surface area contributed by atoms with E-state index in [1.807, 2.05) is 35.3 Å². The first kappa shape index (κ1) is 19.4. The number of hydrogen-bond acceptors (Lipinski definition) is 7. The van der Waals surface area contributed by atoms with Gasteiger partial charge in [-0.15, -0.1) is 11.8 Å². The lowest BCUT2D eigenvalue weighted by Gasteiger charge is -2.30. The molecular weight excluding hydrogens is 345 g/mol. The molecule has 1 unspecified atom stereocenters. The van der Waals surface area contributed by atoms with E-state index in [0.29, 0.717) is 11.5 Å². The third-order valence-corrected chi connectivity index (χ3v) is 9.22. The van der Waals surface area contributed by atoms with Crippen LogP contribution in [0.5, 0.6) is 0 Å². The van der Waals surface area contributed by atoms with Crippen LogP contribution in [0.4, 0.5) is 0 Å². The second-order valence-electron chi connectivity index (χ2n) is 3.45. The second-order valence-corrected chi connectivity index (χ2v) is 9.67. The van der Waals surface area contributed by atoms with Crippen LogP contribution in [-0.4, -0.2) is 49.6 Å².